The second-order valence-electron chi connectivity index (χ2n) is 6.34. The second kappa shape index (κ2) is 8.27. The Morgan fingerprint density at radius 3 is 2.33 bits per heavy atom. The van der Waals surface area contributed by atoms with Gasteiger partial charge in [0.25, 0.3) is 0 Å². The van der Waals surface area contributed by atoms with Crippen LogP contribution in [0.4, 0.5) is 0 Å². The highest BCUT2D eigenvalue weighted by atomic mass is 16.5. The zero-order valence-electron chi connectivity index (χ0n) is 16.2. The third-order valence-electron chi connectivity index (χ3n) is 4.75. The van der Waals surface area contributed by atoms with Crippen LogP contribution < -0.4 is 14.9 Å². The Kier molecular flexibility index (Phi) is 5.81. The number of hydrogen-bond acceptors (Lipinski definition) is 5. The van der Waals surface area contributed by atoms with Gasteiger partial charge in [0.15, 0.2) is 16.9 Å². The van der Waals surface area contributed by atoms with E-state index in [1.165, 1.54) is 11.6 Å². The molecule has 5 heteroatoms. The lowest BCUT2D eigenvalue weighted by atomic mass is 10.1. The molecule has 1 heterocycles. The van der Waals surface area contributed by atoms with Gasteiger partial charge in [-0.1, -0.05) is 32.0 Å². The van der Waals surface area contributed by atoms with Crippen molar-refractivity contribution in [2.24, 2.45) is 0 Å². The summed E-state index contributed by atoms with van der Waals surface area (Å²) in [5.41, 5.74) is 2.44. The number of methoxy groups -OCH3 is 2. The molecule has 0 aliphatic carbocycles. The van der Waals surface area contributed by atoms with E-state index in [9.17, 15) is 4.79 Å². The SMILES string of the molecule is CCN(CC)Cc1cccc(-c2cc(=O)c3cc(OC)c(OC)cc3o2)c1. The number of fused-ring (bicyclic) bond motifs is 1. The molecule has 0 radical (unpaired) electrons. The van der Waals surface area contributed by atoms with Gasteiger partial charge < -0.3 is 13.9 Å². The van der Waals surface area contributed by atoms with E-state index >= 15 is 0 Å². The smallest absolute Gasteiger partial charge is 0.193 e. The summed E-state index contributed by atoms with van der Waals surface area (Å²) in [5, 5.41) is 0.468. The molecule has 5 nitrogen and oxygen atoms in total. The van der Waals surface area contributed by atoms with Crippen LogP contribution in [0.1, 0.15) is 19.4 Å². The van der Waals surface area contributed by atoms with Crippen LogP contribution in [0.2, 0.25) is 0 Å². The Hall–Kier alpha value is -2.79. The Morgan fingerprint density at radius 1 is 0.963 bits per heavy atom. The van der Waals surface area contributed by atoms with Crippen molar-refractivity contribution < 1.29 is 13.9 Å². The van der Waals surface area contributed by atoms with E-state index in [1.54, 1.807) is 26.4 Å². The normalized spacial score (nSPS) is 11.1. The molecule has 0 bridgehead atoms. The van der Waals surface area contributed by atoms with Crippen molar-refractivity contribution in [1.82, 2.24) is 4.90 Å². The molecule has 2 aromatic carbocycles. The zero-order chi connectivity index (χ0) is 19.4. The van der Waals surface area contributed by atoms with Crippen LogP contribution in [0.5, 0.6) is 11.5 Å². The first-order valence-electron chi connectivity index (χ1n) is 9.11. The van der Waals surface area contributed by atoms with Crippen molar-refractivity contribution in [3.63, 3.8) is 0 Å². The summed E-state index contributed by atoms with van der Waals surface area (Å²) in [6, 6.07) is 13.0. The Morgan fingerprint density at radius 2 is 1.67 bits per heavy atom. The molecule has 142 valence electrons. The summed E-state index contributed by atoms with van der Waals surface area (Å²) in [6.07, 6.45) is 0. The van der Waals surface area contributed by atoms with Gasteiger partial charge in [-0.05, 0) is 30.8 Å². The molecular weight excluding hydrogens is 342 g/mol. The largest absolute Gasteiger partial charge is 0.493 e. The molecule has 0 aliphatic heterocycles. The predicted octanol–water partition coefficient (Wildman–Crippen LogP) is 4.32. The molecule has 0 saturated carbocycles. The summed E-state index contributed by atoms with van der Waals surface area (Å²) in [6.45, 7) is 7.15. The molecule has 0 atom stereocenters. The zero-order valence-corrected chi connectivity index (χ0v) is 16.2. The van der Waals surface area contributed by atoms with E-state index in [4.69, 9.17) is 13.9 Å². The topological polar surface area (TPSA) is 51.9 Å². The lowest BCUT2D eigenvalue weighted by molar-refractivity contribution is 0.296. The van der Waals surface area contributed by atoms with Gasteiger partial charge >= 0.3 is 0 Å². The van der Waals surface area contributed by atoms with Crippen LogP contribution in [0.15, 0.2) is 51.7 Å². The van der Waals surface area contributed by atoms with Gasteiger partial charge in [-0.3, -0.25) is 9.69 Å². The minimum atomic E-state index is -0.110. The molecule has 0 unspecified atom stereocenters. The van der Waals surface area contributed by atoms with E-state index in [2.05, 4.69) is 30.9 Å². The van der Waals surface area contributed by atoms with Crippen LogP contribution in [0.25, 0.3) is 22.3 Å². The highest BCUT2D eigenvalue weighted by molar-refractivity contribution is 5.82. The van der Waals surface area contributed by atoms with E-state index in [0.29, 0.717) is 28.2 Å². The van der Waals surface area contributed by atoms with Crippen LogP contribution in [0, 0.1) is 0 Å². The average molecular weight is 367 g/mol. The summed E-state index contributed by atoms with van der Waals surface area (Å²) in [5.74, 6) is 1.58. The molecule has 0 aliphatic rings. The fourth-order valence-corrected chi connectivity index (χ4v) is 3.15. The van der Waals surface area contributed by atoms with Gasteiger partial charge in [0, 0.05) is 24.2 Å². The summed E-state index contributed by atoms with van der Waals surface area (Å²) < 4.78 is 16.6. The highest BCUT2D eigenvalue weighted by Gasteiger charge is 2.13. The van der Waals surface area contributed by atoms with Crippen molar-refractivity contribution in [2.75, 3.05) is 27.3 Å². The second-order valence-corrected chi connectivity index (χ2v) is 6.34. The first-order valence-corrected chi connectivity index (χ1v) is 9.11. The maximum atomic E-state index is 12.6. The van der Waals surface area contributed by atoms with E-state index in [1.807, 2.05) is 12.1 Å². The van der Waals surface area contributed by atoms with Crippen LogP contribution >= 0.6 is 0 Å². The monoisotopic (exact) mass is 367 g/mol. The van der Waals surface area contributed by atoms with Crippen LogP contribution in [-0.4, -0.2) is 32.2 Å². The van der Waals surface area contributed by atoms with Gasteiger partial charge in [0.05, 0.1) is 19.6 Å². The summed E-state index contributed by atoms with van der Waals surface area (Å²) in [7, 11) is 3.10. The average Bonchev–Trinajstić information content (AvgIpc) is 2.71. The van der Waals surface area contributed by atoms with Crippen molar-refractivity contribution in [1.29, 1.82) is 0 Å². The molecule has 3 rings (SSSR count). The number of hydrogen-bond donors (Lipinski definition) is 0. The molecule has 0 saturated heterocycles. The van der Waals surface area contributed by atoms with Gasteiger partial charge in [-0.2, -0.15) is 0 Å². The van der Waals surface area contributed by atoms with Gasteiger partial charge in [-0.25, -0.2) is 0 Å². The molecule has 0 amide bonds. The maximum absolute atomic E-state index is 12.6. The van der Waals surface area contributed by atoms with Crippen molar-refractivity contribution >= 4 is 11.0 Å². The van der Waals surface area contributed by atoms with E-state index in [0.717, 1.165) is 25.2 Å². The number of rotatable bonds is 7. The number of nitrogens with zero attached hydrogens (tertiary/aromatic N) is 1. The first-order chi connectivity index (χ1) is 13.1. The molecule has 1 aromatic heterocycles. The minimum Gasteiger partial charge on any atom is -0.493 e. The molecule has 0 spiro atoms. The molecule has 0 fully saturated rings. The third kappa shape index (κ3) is 3.98. The summed E-state index contributed by atoms with van der Waals surface area (Å²) >= 11 is 0. The molecule has 3 aromatic rings. The van der Waals surface area contributed by atoms with Crippen molar-refractivity contribution in [3.05, 3.63) is 58.3 Å². The number of benzene rings is 2. The van der Waals surface area contributed by atoms with Crippen molar-refractivity contribution in [3.8, 4) is 22.8 Å². The van der Waals surface area contributed by atoms with Crippen LogP contribution in [0.3, 0.4) is 0 Å². The Labute approximate surface area is 159 Å². The lowest BCUT2D eigenvalue weighted by Crippen LogP contribution is -2.22. The Balaban J connectivity index is 2.06. The van der Waals surface area contributed by atoms with E-state index in [-0.39, 0.29) is 5.43 Å². The van der Waals surface area contributed by atoms with Gasteiger partial charge in [0.1, 0.15) is 11.3 Å². The van der Waals surface area contributed by atoms with Crippen molar-refractivity contribution in [2.45, 2.75) is 20.4 Å². The van der Waals surface area contributed by atoms with Gasteiger partial charge in [0.2, 0.25) is 0 Å². The highest BCUT2D eigenvalue weighted by Crippen LogP contribution is 2.32. The standard InChI is InChI=1S/C22H25NO4/c1-5-23(6-2)14-15-8-7-9-16(10-15)19-12-18(24)17-11-21(25-3)22(26-4)13-20(17)27-19/h7-13H,5-6,14H2,1-4H3. The third-order valence-corrected chi connectivity index (χ3v) is 4.75. The Bertz CT molecular complexity index is 989. The quantitative estimate of drug-likeness (QED) is 0.622. The molecule has 0 N–H and O–H groups in total. The minimum absolute atomic E-state index is 0.110. The fraction of sp³-hybridized carbons (Fsp3) is 0.318. The van der Waals surface area contributed by atoms with E-state index < -0.39 is 0 Å². The van der Waals surface area contributed by atoms with Gasteiger partial charge in [-0.15, -0.1) is 0 Å². The fourth-order valence-electron chi connectivity index (χ4n) is 3.15. The first kappa shape index (κ1) is 19.0. The predicted molar refractivity (Wildman–Crippen MR) is 108 cm³/mol. The molecular formula is C22H25NO4. The maximum Gasteiger partial charge on any atom is 0.193 e. The van der Waals surface area contributed by atoms with Crippen LogP contribution in [-0.2, 0) is 6.54 Å². The number of ether oxygens (including phenoxy) is 2. The summed E-state index contributed by atoms with van der Waals surface area (Å²) in [4.78, 5) is 15.0. The molecule has 27 heavy (non-hydrogen) atoms. The lowest BCUT2D eigenvalue weighted by Gasteiger charge is -2.18.